The monoisotopic (exact) mass is 400 g/mol. The summed E-state index contributed by atoms with van der Waals surface area (Å²) < 4.78 is 1.60. The standard InChI is InChI=1S/C20H14Cl2N2O3/c21-11-2-4-17-15(7-11)20(18(10-25)24(17)9-19(26)27)14-5-6-23-16-8-12(22)1-3-13(14)16/h1-8,25H,9-10H2,(H,26,27). The Hall–Kier alpha value is -2.60. The number of pyridine rings is 1. The SMILES string of the molecule is O=C(O)Cn1c(CO)c(-c2ccnc3cc(Cl)ccc23)c2cc(Cl)ccc21. The number of aliphatic hydroxyl groups excluding tert-OH is 1. The van der Waals surface area contributed by atoms with E-state index < -0.39 is 5.97 Å². The van der Waals surface area contributed by atoms with Gasteiger partial charge in [-0.3, -0.25) is 9.78 Å². The van der Waals surface area contributed by atoms with Crippen LogP contribution < -0.4 is 0 Å². The number of aliphatic carboxylic acids is 1. The molecule has 0 aliphatic heterocycles. The molecular weight excluding hydrogens is 387 g/mol. The van der Waals surface area contributed by atoms with E-state index in [9.17, 15) is 15.0 Å². The van der Waals surface area contributed by atoms with Crippen molar-refractivity contribution in [1.82, 2.24) is 9.55 Å². The Kier molecular flexibility index (Phi) is 4.52. The van der Waals surface area contributed by atoms with E-state index in [4.69, 9.17) is 23.2 Å². The lowest BCUT2D eigenvalue weighted by Crippen LogP contribution is -2.11. The molecule has 0 saturated heterocycles. The van der Waals surface area contributed by atoms with Crippen molar-refractivity contribution in [3.05, 3.63) is 64.4 Å². The topological polar surface area (TPSA) is 75.3 Å². The van der Waals surface area contributed by atoms with Gasteiger partial charge in [0.25, 0.3) is 0 Å². The molecule has 7 heteroatoms. The highest BCUT2D eigenvalue weighted by atomic mass is 35.5. The van der Waals surface area contributed by atoms with Gasteiger partial charge in [-0.1, -0.05) is 29.3 Å². The summed E-state index contributed by atoms with van der Waals surface area (Å²) in [6.07, 6.45) is 1.67. The third kappa shape index (κ3) is 3.04. The Balaban J connectivity index is 2.13. The van der Waals surface area contributed by atoms with Crippen LogP contribution in [0.5, 0.6) is 0 Å². The van der Waals surface area contributed by atoms with Gasteiger partial charge in [-0.15, -0.1) is 0 Å². The van der Waals surface area contributed by atoms with Crippen LogP contribution in [-0.4, -0.2) is 25.7 Å². The van der Waals surface area contributed by atoms with E-state index in [1.807, 2.05) is 12.1 Å². The number of rotatable bonds is 4. The first kappa shape index (κ1) is 17.8. The average molecular weight is 401 g/mol. The molecule has 2 heterocycles. The van der Waals surface area contributed by atoms with Gasteiger partial charge < -0.3 is 14.8 Å². The first-order valence-electron chi connectivity index (χ1n) is 8.17. The quantitative estimate of drug-likeness (QED) is 0.518. The van der Waals surface area contributed by atoms with E-state index in [2.05, 4.69) is 4.98 Å². The van der Waals surface area contributed by atoms with Crippen LogP contribution in [0.15, 0.2) is 48.7 Å². The van der Waals surface area contributed by atoms with Crippen molar-refractivity contribution in [3.8, 4) is 11.1 Å². The van der Waals surface area contributed by atoms with E-state index in [0.717, 1.165) is 21.9 Å². The molecule has 0 amide bonds. The molecule has 0 aliphatic carbocycles. The van der Waals surface area contributed by atoms with E-state index in [1.165, 1.54) is 0 Å². The van der Waals surface area contributed by atoms with E-state index in [-0.39, 0.29) is 13.2 Å². The van der Waals surface area contributed by atoms with Gasteiger partial charge in [0, 0.05) is 38.1 Å². The smallest absolute Gasteiger partial charge is 0.323 e. The number of halogens is 2. The van der Waals surface area contributed by atoms with Crippen LogP contribution >= 0.6 is 23.2 Å². The van der Waals surface area contributed by atoms with Gasteiger partial charge in [-0.05, 0) is 42.0 Å². The number of hydrogen-bond donors (Lipinski definition) is 2. The molecule has 4 aromatic rings. The fraction of sp³-hybridized carbons (Fsp3) is 0.100. The molecule has 0 fully saturated rings. The lowest BCUT2D eigenvalue weighted by Gasteiger charge is -2.10. The number of aromatic nitrogens is 2. The second-order valence-corrected chi connectivity index (χ2v) is 7.01. The second-order valence-electron chi connectivity index (χ2n) is 6.14. The Morgan fingerprint density at radius 1 is 1.04 bits per heavy atom. The van der Waals surface area contributed by atoms with E-state index >= 15 is 0 Å². The zero-order valence-electron chi connectivity index (χ0n) is 14.0. The number of hydrogen-bond acceptors (Lipinski definition) is 3. The van der Waals surface area contributed by atoms with Gasteiger partial charge >= 0.3 is 5.97 Å². The average Bonchev–Trinajstić information content (AvgIpc) is 2.92. The molecule has 4 rings (SSSR count). The number of carbonyl (C=O) groups is 1. The minimum Gasteiger partial charge on any atom is -0.480 e. The van der Waals surface area contributed by atoms with Crippen LogP contribution in [0.25, 0.3) is 32.9 Å². The molecule has 0 bridgehead atoms. The number of fused-ring (bicyclic) bond motifs is 2. The van der Waals surface area contributed by atoms with Crippen LogP contribution in [0.2, 0.25) is 10.0 Å². The molecule has 0 saturated carbocycles. The molecule has 136 valence electrons. The van der Waals surface area contributed by atoms with Gasteiger partial charge in [0.15, 0.2) is 0 Å². The third-order valence-electron chi connectivity index (χ3n) is 4.55. The predicted molar refractivity (Wildman–Crippen MR) is 106 cm³/mol. The molecule has 0 radical (unpaired) electrons. The van der Waals surface area contributed by atoms with Crippen molar-refractivity contribution in [3.63, 3.8) is 0 Å². The fourth-order valence-electron chi connectivity index (χ4n) is 3.50. The largest absolute Gasteiger partial charge is 0.480 e. The first-order valence-corrected chi connectivity index (χ1v) is 8.93. The highest BCUT2D eigenvalue weighted by Gasteiger charge is 2.21. The summed E-state index contributed by atoms with van der Waals surface area (Å²) in [4.78, 5) is 15.8. The lowest BCUT2D eigenvalue weighted by atomic mass is 9.98. The number of benzene rings is 2. The summed E-state index contributed by atoms with van der Waals surface area (Å²) in [6.45, 7) is -0.574. The van der Waals surface area contributed by atoms with Gasteiger partial charge in [-0.25, -0.2) is 0 Å². The third-order valence-corrected chi connectivity index (χ3v) is 5.02. The predicted octanol–water partition coefficient (Wildman–Crippen LogP) is 4.74. The van der Waals surface area contributed by atoms with Crippen molar-refractivity contribution >= 4 is 51.0 Å². The molecule has 0 aliphatic rings. The van der Waals surface area contributed by atoms with Crippen LogP contribution in [0.1, 0.15) is 5.69 Å². The normalized spacial score (nSPS) is 11.4. The number of carboxylic acids is 1. The summed E-state index contributed by atoms with van der Waals surface area (Å²) in [5.41, 5.74) is 3.49. The molecule has 2 aromatic heterocycles. The van der Waals surface area contributed by atoms with Gasteiger partial charge in [-0.2, -0.15) is 0 Å². The maximum Gasteiger partial charge on any atom is 0.323 e. The summed E-state index contributed by atoms with van der Waals surface area (Å²) in [7, 11) is 0. The maximum atomic E-state index is 11.4. The Morgan fingerprint density at radius 3 is 2.52 bits per heavy atom. The number of nitrogens with zero attached hydrogens (tertiary/aromatic N) is 2. The summed E-state index contributed by atoms with van der Waals surface area (Å²) in [5, 5.41) is 22.1. The Morgan fingerprint density at radius 2 is 1.78 bits per heavy atom. The fourth-order valence-corrected chi connectivity index (χ4v) is 3.84. The molecule has 0 unspecified atom stereocenters. The highest BCUT2D eigenvalue weighted by molar-refractivity contribution is 6.32. The first-order chi connectivity index (χ1) is 13.0. The number of aliphatic hydroxyl groups is 1. The van der Waals surface area contributed by atoms with Crippen molar-refractivity contribution < 1.29 is 15.0 Å². The van der Waals surface area contributed by atoms with Crippen molar-refractivity contribution in [2.45, 2.75) is 13.2 Å². The zero-order chi connectivity index (χ0) is 19.1. The molecule has 0 atom stereocenters. The van der Waals surface area contributed by atoms with E-state index in [0.29, 0.717) is 26.8 Å². The minimum absolute atomic E-state index is 0.261. The van der Waals surface area contributed by atoms with Crippen molar-refractivity contribution in [1.29, 1.82) is 0 Å². The van der Waals surface area contributed by atoms with Gasteiger partial charge in [0.1, 0.15) is 6.54 Å². The summed E-state index contributed by atoms with van der Waals surface area (Å²) in [5.74, 6) is -0.991. The molecule has 2 aromatic carbocycles. The van der Waals surface area contributed by atoms with Crippen LogP contribution in [0.4, 0.5) is 0 Å². The highest BCUT2D eigenvalue weighted by Crippen LogP contribution is 2.39. The van der Waals surface area contributed by atoms with Crippen molar-refractivity contribution in [2.75, 3.05) is 0 Å². The lowest BCUT2D eigenvalue weighted by molar-refractivity contribution is -0.137. The van der Waals surface area contributed by atoms with Gasteiger partial charge in [0.05, 0.1) is 17.8 Å². The Bertz CT molecular complexity index is 1200. The van der Waals surface area contributed by atoms with E-state index in [1.54, 1.807) is 41.1 Å². The van der Waals surface area contributed by atoms with Crippen LogP contribution in [0.3, 0.4) is 0 Å². The molecule has 5 nitrogen and oxygen atoms in total. The minimum atomic E-state index is -0.991. The summed E-state index contributed by atoms with van der Waals surface area (Å²) >= 11 is 12.3. The second kappa shape index (κ2) is 6.85. The maximum absolute atomic E-state index is 11.4. The van der Waals surface area contributed by atoms with Gasteiger partial charge in [0.2, 0.25) is 0 Å². The number of carboxylic acid groups (broad SMARTS) is 1. The van der Waals surface area contributed by atoms with Crippen LogP contribution in [0, 0.1) is 0 Å². The molecule has 27 heavy (non-hydrogen) atoms. The molecular formula is C20H14Cl2N2O3. The molecule has 2 N–H and O–H groups in total. The zero-order valence-corrected chi connectivity index (χ0v) is 15.5. The van der Waals surface area contributed by atoms with Crippen molar-refractivity contribution in [2.24, 2.45) is 0 Å². The molecule has 0 spiro atoms. The van der Waals surface area contributed by atoms with Crippen LogP contribution in [-0.2, 0) is 17.9 Å². The summed E-state index contributed by atoms with van der Waals surface area (Å²) in [6, 6.07) is 12.5. The Labute approximate surface area is 164 Å².